The molecule has 1 fully saturated rings. The van der Waals surface area contributed by atoms with Gasteiger partial charge in [-0.15, -0.1) is 0 Å². The predicted molar refractivity (Wildman–Crippen MR) is 79.6 cm³/mol. The lowest BCUT2D eigenvalue weighted by Gasteiger charge is -2.19. The minimum absolute atomic E-state index is 0.0637. The topological polar surface area (TPSA) is 32.3 Å². The van der Waals surface area contributed by atoms with Crippen LogP contribution in [0.5, 0.6) is 0 Å². The van der Waals surface area contributed by atoms with Crippen molar-refractivity contribution < 1.29 is 4.79 Å². The Bertz CT molecular complexity index is 430. The Hall–Kier alpha value is -1.22. The number of carbonyl (C=O) groups is 1. The van der Waals surface area contributed by atoms with Gasteiger partial charge in [-0.05, 0) is 36.6 Å². The molecular formula is C15H21ClN2O. The van der Waals surface area contributed by atoms with Gasteiger partial charge in [-0.25, -0.2) is 0 Å². The first-order valence-corrected chi connectivity index (χ1v) is 7.22. The van der Waals surface area contributed by atoms with Crippen molar-refractivity contribution in [1.82, 2.24) is 5.32 Å². The molecule has 0 spiro atoms. The highest BCUT2D eigenvalue weighted by molar-refractivity contribution is 6.30. The second-order valence-corrected chi connectivity index (χ2v) is 5.91. The van der Waals surface area contributed by atoms with Crippen molar-refractivity contribution in [2.75, 3.05) is 24.5 Å². The molecule has 19 heavy (non-hydrogen) atoms. The van der Waals surface area contributed by atoms with Crippen LogP contribution in [0.2, 0.25) is 5.02 Å². The van der Waals surface area contributed by atoms with Crippen LogP contribution in [-0.2, 0) is 4.79 Å². The standard InChI is InChI=1S/C15H21ClN2O/c1-11(2)15(19)17-9-12-7-8-18(10-12)14-5-3-13(16)4-6-14/h3-6,11-12H,7-10H2,1-2H3,(H,17,19)/t12-/m1/s1. The van der Waals surface area contributed by atoms with Crippen LogP contribution >= 0.6 is 11.6 Å². The maximum atomic E-state index is 11.5. The molecule has 104 valence electrons. The van der Waals surface area contributed by atoms with Crippen LogP contribution in [-0.4, -0.2) is 25.5 Å². The van der Waals surface area contributed by atoms with E-state index in [0.29, 0.717) is 5.92 Å². The third-order valence-electron chi connectivity index (χ3n) is 3.57. The Kier molecular flexibility index (Phi) is 4.70. The van der Waals surface area contributed by atoms with E-state index in [-0.39, 0.29) is 11.8 Å². The van der Waals surface area contributed by atoms with Crippen LogP contribution in [0.4, 0.5) is 5.69 Å². The van der Waals surface area contributed by atoms with E-state index in [1.807, 2.05) is 26.0 Å². The molecular weight excluding hydrogens is 260 g/mol. The Balaban J connectivity index is 1.83. The number of anilines is 1. The van der Waals surface area contributed by atoms with E-state index in [1.165, 1.54) is 5.69 Å². The molecule has 1 aliphatic heterocycles. The van der Waals surface area contributed by atoms with Gasteiger partial charge in [-0.2, -0.15) is 0 Å². The first-order valence-electron chi connectivity index (χ1n) is 6.84. The molecule has 1 atom stereocenters. The minimum atomic E-state index is 0.0637. The molecule has 0 aliphatic carbocycles. The molecule has 1 saturated heterocycles. The fourth-order valence-electron chi connectivity index (χ4n) is 2.33. The van der Waals surface area contributed by atoms with E-state index in [0.717, 1.165) is 31.1 Å². The summed E-state index contributed by atoms with van der Waals surface area (Å²) in [5.41, 5.74) is 1.21. The third-order valence-corrected chi connectivity index (χ3v) is 3.82. The van der Waals surface area contributed by atoms with Gasteiger partial charge < -0.3 is 10.2 Å². The number of amides is 1. The molecule has 4 heteroatoms. The molecule has 1 aliphatic rings. The normalized spacial score (nSPS) is 18.9. The molecule has 0 bridgehead atoms. The highest BCUT2D eigenvalue weighted by Crippen LogP contribution is 2.24. The number of hydrogen-bond donors (Lipinski definition) is 1. The SMILES string of the molecule is CC(C)C(=O)NC[C@H]1CCN(c2ccc(Cl)cc2)C1. The van der Waals surface area contributed by atoms with Gasteiger partial charge >= 0.3 is 0 Å². The zero-order valence-corrected chi connectivity index (χ0v) is 12.3. The maximum absolute atomic E-state index is 11.5. The number of nitrogens with zero attached hydrogens (tertiary/aromatic N) is 1. The van der Waals surface area contributed by atoms with E-state index in [4.69, 9.17) is 11.6 Å². The summed E-state index contributed by atoms with van der Waals surface area (Å²) in [5, 5.41) is 3.79. The van der Waals surface area contributed by atoms with E-state index in [9.17, 15) is 4.79 Å². The Morgan fingerprint density at radius 1 is 1.42 bits per heavy atom. The summed E-state index contributed by atoms with van der Waals surface area (Å²) in [4.78, 5) is 13.9. The third kappa shape index (κ3) is 3.87. The van der Waals surface area contributed by atoms with Crippen molar-refractivity contribution in [3.8, 4) is 0 Å². The van der Waals surface area contributed by atoms with Gasteiger partial charge in [0.2, 0.25) is 5.91 Å². The number of carbonyl (C=O) groups excluding carboxylic acids is 1. The Labute approximate surface area is 119 Å². The van der Waals surface area contributed by atoms with Crippen molar-refractivity contribution in [3.05, 3.63) is 29.3 Å². The van der Waals surface area contributed by atoms with Crippen molar-refractivity contribution in [2.24, 2.45) is 11.8 Å². The summed E-state index contributed by atoms with van der Waals surface area (Å²) >= 11 is 5.90. The fourth-order valence-corrected chi connectivity index (χ4v) is 2.46. The highest BCUT2D eigenvalue weighted by atomic mass is 35.5. The monoisotopic (exact) mass is 280 g/mol. The maximum Gasteiger partial charge on any atom is 0.222 e. The number of hydrogen-bond acceptors (Lipinski definition) is 2. The second-order valence-electron chi connectivity index (χ2n) is 5.48. The lowest BCUT2D eigenvalue weighted by atomic mass is 10.1. The summed E-state index contributed by atoms with van der Waals surface area (Å²) < 4.78 is 0. The van der Waals surface area contributed by atoms with Gasteiger partial charge in [-0.3, -0.25) is 4.79 Å². The first kappa shape index (κ1) is 14.2. The molecule has 1 aromatic rings. The second kappa shape index (κ2) is 6.29. The van der Waals surface area contributed by atoms with Crippen LogP contribution < -0.4 is 10.2 Å². The van der Waals surface area contributed by atoms with E-state index >= 15 is 0 Å². The minimum Gasteiger partial charge on any atom is -0.371 e. The van der Waals surface area contributed by atoms with Gasteiger partial charge in [0.15, 0.2) is 0 Å². The molecule has 1 aromatic carbocycles. The van der Waals surface area contributed by atoms with Gasteiger partial charge in [0.05, 0.1) is 0 Å². The lowest BCUT2D eigenvalue weighted by Crippen LogP contribution is -2.33. The number of nitrogens with one attached hydrogen (secondary N) is 1. The van der Waals surface area contributed by atoms with Crippen LogP contribution in [0.1, 0.15) is 20.3 Å². The lowest BCUT2D eigenvalue weighted by molar-refractivity contribution is -0.124. The molecule has 0 aromatic heterocycles. The average Bonchev–Trinajstić information content (AvgIpc) is 2.85. The average molecular weight is 281 g/mol. The van der Waals surface area contributed by atoms with Gasteiger partial charge in [0.25, 0.3) is 0 Å². The quantitative estimate of drug-likeness (QED) is 0.920. The molecule has 0 unspecified atom stereocenters. The molecule has 3 nitrogen and oxygen atoms in total. The first-order chi connectivity index (χ1) is 9.06. The summed E-state index contributed by atoms with van der Waals surface area (Å²) in [7, 11) is 0. The summed E-state index contributed by atoms with van der Waals surface area (Å²) in [6.07, 6.45) is 1.13. The largest absolute Gasteiger partial charge is 0.371 e. The smallest absolute Gasteiger partial charge is 0.222 e. The zero-order chi connectivity index (χ0) is 13.8. The van der Waals surface area contributed by atoms with Crippen LogP contribution in [0.3, 0.4) is 0 Å². The zero-order valence-electron chi connectivity index (χ0n) is 11.5. The molecule has 1 heterocycles. The van der Waals surface area contributed by atoms with Crippen molar-refractivity contribution in [3.63, 3.8) is 0 Å². The predicted octanol–water partition coefficient (Wildman–Crippen LogP) is 2.94. The fraction of sp³-hybridized carbons (Fsp3) is 0.533. The number of rotatable bonds is 4. The Morgan fingerprint density at radius 2 is 2.11 bits per heavy atom. The van der Waals surface area contributed by atoms with E-state index in [2.05, 4.69) is 22.3 Å². The molecule has 0 radical (unpaired) electrons. The molecule has 0 saturated carbocycles. The van der Waals surface area contributed by atoms with Crippen molar-refractivity contribution in [2.45, 2.75) is 20.3 Å². The van der Waals surface area contributed by atoms with Crippen LogP contribution in [0.25, 0.3) is 0 Å². The molecule has 2 rings (SSSR count). The van der Waals surface area contributed by atoms with Crippen molar-refractivity contribution in [1.29, 1.82) is 0 Å². The van der Waals surface area contributed by atoms with Crippen LogP contribution in [0, 0.1) is 11.8 Å². The van der Waals surface area contributed by atoms with Gasteiger partial charge in [0, 0.05) is 36.3 Å². The van der Waals surface area contributed by atoms with Crippen molar-refractivity contribution >= 4 is 23.2 Å². The summed E-state index contributed by atoms with van der Waals surface area (Å²) in [6, 6.07) is 7.95. The van der Waals surface area contributed by atoms with E-state index in [1.54, 1.807) is 0 Å². The van der Waals surface area contributed by atoms with Gasteiger partial charge in [-0.1, -0.05) is 25.4 Å². The summed E-state index contributed by atoms with van der Waals surface area (Å²) in [6.45, 7) is 6.67. The number of benzene rings is 1. The van der Waals surface area contributed by atoms with Crippen LogP contribution in [0.15, 0.2) is 24.3 Å². The number of halogens is 1. The highest BCUT2D eigenvalue weighted by Gasteiger charge is 2.23. The molecule has 1 amide bonds. The summed E-state index contributed by atoms with van der Waals surface area (Å²) in [5.74, 6) is 0.747. The Morgan fingerprint density at radius 3 is 2.74 bits per heavy atom. The molecule has 1 N–H and O–H groups in total. The van der Waals surface area contributed by atoms with E-state index < -0.39 is 0 Å². The van der Waals surface area contributed by atoms with Gasteiger partial charge in [0.1, 0.15) is 0 Å².